The van der Waals surface area contributed by atoms with Crippen molar-refractivity contribution >= 4 is 32.8 Å². The van der Waals surface area contributed by atoms with Gasteiger partial charge in [0.25, 0.3) is 5.91 Å². The molecule has 0 spiro atoms. The molecule has 35 heavy (non-hydrogen) atoms. The molecular formula is C28H24BrNO5. The zero-order chi connectivity index (χ0) is 24.7. The van der Waals surface area contributed by atoms with E-state index >= 15 is 0 Å². The van der Waals surface area contributed by atoms with Crippen LogP contribution in [0.15, 0.2) is 74.3 Å². The first-order chi connectivity index (χ1) is 16.9. The highest BCUT2D eigenvalue weighted by atomic mass is 79.9. The van der Waals surface area contributed by atoms with Crippen molar-refractivity contribution in [3.8, 4) is 11.5 Å². The van der Waals surface area contributed by atoms with Crippen molar-refractivity contribution in [3.63, 3.8) is 0 Å². The van der Waals surface area contributed by atoms with Crippen LogP contribution in [0.3, 0.4) is 0 Å². The molecule has 0 N–H and O–H groups in total. The van der Waals surface area contributed by atoms with Gasteiger partial charge in [0.2, 0.25) is 5.76 Å². The highest BCUT2D eigenvalue weighted by Crippen LogP contribution is 2.39. The maximum absolute atomic E-state index is 13.7. The molecule has 1 aromatic heterocycles. The molecule has 4 aromatic rings. The third-order valence-corrected chi connectivity index (χ3v) is 6.87. The minimum absolute atomic E-state index is 0.114. The number of fused-ring (bicyclic) bond motifs is 2. The Morgan fingerprint density at radius 2 is 1.77 bits per heavy atom. The Hall–Kier alpha value is -3.58. The van der Waals surface area contributed by atoms with E-state index in [0.29, 0.717) is 41.0 Å². The van der Waals surface area contributed by atoms with Gasteiger partial charge in [0, 0.05) is 11.0 Å². The van der Waals surface area contributed by atoms with Gasteiger partial charge in [-0.15, -0.1) is 0 Å². The van der Waals surface area contributed by atoms with Crippen LogP contribution in [0.2, 0.25) is 0 Å². The molecule has 6 nitrogen and oxygen atoms in total. The Bertz CT molecular complexity index is 1510. The van der Waals surface area contributed by atoms with Crippen molar-refractivity contribution in [3.05, 3.63) is 103 Å². The Morgan fingerprint density at radius 1 is 0.971 bits per heavy atom. The van der Waals surface area contributed by atoms with Crippen LogP contribution >= 0.6 is 15.9 Å². The van der Waals surface area contributed by atoms with Crippen LogP contribution < -0.4 is 14.9 Å². The quantitative estimate of drug-likeness (QED) is 0.319. The maximum Gasteiger partial charge on any atom is 0.290 e. The molecule has 5 rings (SSSR count). The molecule has 1 amide bonds. The summed E-state index contributed by atoms with van der Waals surface area (Å²) < 4.78 is 17.7. The largest absolute Gasteiger partial charge is 0.493 e. The van der Waals surface area contributed by atoms with Crippen molar-refractivity contribution in [1.29, 1.82) is 0 Å². The lowest BCUT2D eigenvalue weighted by Gasteiger charge is -2.25. The fourth-order valence-corrected chi connectivity index (χ4v) is 5.09. The summed E-state index contributed by atoms with van der Waals surface area (Å²) in [6.07, 6.45) is 0.567. The lowest BCUT2D eigenvalue weighted by Crippen LogP contribution is -2.31. The SMILES string of the molecule is COc1ccc(CCN2C(=O)c3oc4ccc(C)cc4c(=O)c3[C@@H]2c2cccc(Br)c2)cc1OC. The predicted molar refractivity (Wildman–Crippen MR) is 137 cm³/mol. The predicted octanol–water partition coefficient (Wildman–Crippen LogP) is 5.67. The van der Waals surface area contributed by atoms with Gasteiger partial charge in [-0.05, 0) is 60.9 Å². The van der Waals surface area contributed by atoms with E-state index in [1.807, 2.05) is 61.5 Å². The van der Waals surface area contributed by atoms with Gasteiger partial charge in [0.05, 0.1) is 31.2 Å². The smallest absolute Gasteiger partial charge is 0.290 e. The van der Waals surface area contributed by atoms with E-state index in [9.17, 15) is 9.59 Å². The number of rotatable bonds is 6. The number of hydrogen-bond donors (Lipinski definition) is 0. The van der Waals surface area contributed by atoms with E-state index in [4.69, 9.17) is 13.9 Å². The Labute approximate surface area is 211 Å². The van der Waals surface area contributed by atoms with E-state index in [-0.39, 0.29) is 17.1 Å². The second-order valence-electron chi connectivity index (χ2n) is 8.57. The normalized spacial score (nSPS) is 14.9. The second kappa shape index (κ2) is 9.23. The summed E-state index contributed by atoms with van der Waals surface area (Å²) in [6.45, 7) is 2.32. The van der Waals surface area contributed by atoms with E-state index in [2.05, 4.69) is 15.9 Å². The molecule has 0 radical (unpaired) electrons. The first kappa shape index (κ1) is 23.2. The number of halogens is 1. The van der Waals surface area contributed by atoms with Gasteiger partial charge in [-0.3, -0.25) is 9.59 Å². The molecule has 3 aromatic carbocycles. The number of aryl methyl sites for hydroxylation is 1. The third-order valence-electron chi connectivity index (χ3n) is 6.37. The van der Waals surface area contributed by atoms with Gasteiger partial charge >= 0.3 is 0 Å². The molecule has 0 fully saturated rings. The average Bonchev–Trinajstić information content (AvgIpc) is 3.14. The molecule has 0 saturated heterocycles. The Kier molecular flexibility index (Phi) is 6.11. The molecule has 0 saturated carbocycles. The summed E-state index contributed by atoms with van der Waals surface area (Å²) in [7, 11) is 3.19. The van der Waals surface area contributed by atoms with Crippen LogP contribution in [-0.4, -0.2) is 31.6 Å². The van der Waals surface area contributed by atoms with Crippen LogP contribution in [0.1, 0.15) is 38.9 Å². The standard InChI is InChI=1S/C28H24BrNO5/c1-16-7-9-21-20(13-16)26(31)24-25(18-5-4-6-19(29)15-18)30(28(32)27(24)35-21)12-11-17-8-10-22(33-2)23(14-17)34-3/h4-10,13-15,25H,11-12H2,1-3H3/t25-/m0/s1. The molecule has 0 unspecified atom stereocenters. The van der Waals surface area contributed by atoms with Crippen LogP contribution in [-0.2, 0) is 6.42 Å². The molecule has 2 heterocycles. The van der Waals surface area contributed by atoms with Gasteiger partial charge < -0.3 is 18.8 Å². The Balaban J connectivity index is 1.59. The van der Waals surface area contributed by atoms with Crippen molar-refractivity contribution in [1.82, 2.24) is 4.90 Å². The number of carbonyl (C=O) groups excluding carboxylic acids is 1. The minimum Gasteiger partial charge on any atom is -0.493 e. The van der Waals surface area contributed by atoms with E-state index in [1.54, 1.807) is 25.2 Å². The number of ether oxygens (including phenoxy) is 2. The van der Waals surface area contributed by atoms with Crippen LogP contribution in [0.5, 0.6) is 11.5 Å². The van der Waals surface area contributed by atoms with Gasteiger partial charge in [0.15, 0.2) is 16.9 Å². The van der Waals surface area contributed by atoms with Crippen LogP contribution in [0.25, 0.3) is 11.0 Å². The molecule has 1 aliphatic rings. The molecule has 0 bridgehead atoms. The van der Waals surface area contributed by atoms with Crippen molar-refractivity contribution in [2.24, 2.45) is 0 Å². The average molecular weight is 534 g/mol. The number of amides is 1. The number of nitrogens with zero attached hydrogens (tertiary/aromatic N) is 1. The lowest BCUT2D eigenvalue weighted by molar-refractivity contribution is 0.0730. The van der Waals surface area contributed by atoms with Crippen molar-refractivity contribution in [2.75, 3.05) is 20.8 Å². The lowest BCUT2D eigenvalue weighted by atomic mass is 9.98. The molecule has 7 heteroatoms. The molecule has 1 atom stereocenters. The summed E-state index contributed by atoms with van der Waals surface area (Å²) in [6, 6.07) is 18.3. The van der Waals surface area contributed by atoms with Gasteiger partial charge in [-0.25, -0.2) is 0 Å². The number of benzene rings is 3. The minimum atomic E-state index is -0.545. The second-order valence-corrected chi connectivity index (χ2v) is 9.48. The highest BCUT2D eigenvalue weighted by molar-refractivity contribution is 9.10. The fourth-order valence-electron chi connectivity index (χ4n) is 4.67. The first-order valence-electron chi connectivity index (χ1n) is 11.3. The molecule has 1 aliphatic heterocycles. The highest BCUT2D eigenvalue weighted by Gasteiger charge is 2.42. The monoisotopic (exact) mass is 533 g/mol. The van der Waals surface area contributed by atoms with Crippen molar-refractivity contribution < 1.29 is 18.7 Å². The van der Waals surface area contributed by atoms with E-state index < -0.39 is 6.04 Å². The molecular weight excluding hydrogens is 510 g/mol. The van der Waals surface area contributed by atoms with Gasteiger partial charge in [0.1, 0.15) is 5.58 Å². The third kappa shape index (κ3) is 4.10. The summed E-state index contributed by atoms with van der Waals surface area (Å²) >= 11 is 3.53. The first-order valence-corrected chi connectivity index (χ1v) is 12.0. The van der Waals surface area contributed by atoms with Crippen LogP contribution in [0.4, 0.5) is 0 Å². The summed E-state index contributed by atoms with van der Waals surface area (Å²) in [5.41, 5.74) is 3.42. The topological polar surface area (TPSA) is 69.0 Å². The maximum atomic E-state index is 13.7. The number of methoxy groups -OCH3 is 2. The zero-order valence-electron chi connectivity index (χ0n) is 19.6. The van der Waals surface area contributed by atoms with E-state index in [0.717, 1.165) is 21.2 Å². The summed E-state index contributed by atoms with van der Waals surface area (Å²) in [4.78, 5) is 29.0. The van der Waals surface area contributed by atoms with Crippen LogP contribution in [0, 0.1) is 6.92 Å². The number of carbonyl (C=O) groups is 1. The number of hydrogen-bond acceptors (Lipinski definition) is 5. The Morgan fingerprint density at radius 3 is 2.51 bits per heavy atom. The van der Waals surface area contributed by atoms with Crippen molar-refractivity contribution in [2.45, 2.75) is 19.4 Å². The fraction of sp³-hybridized carbons (Fsp3) is 0.214. The van der Waals surface area contributed by atoms with Gasteiger partial charge in [-0.2, -0.15) is 0 Å². The zero-order valence-corrected chi connectivity index (χ0v) is 21.2. The molecule has 178 valence electrons. The summed E-state index contributed by atoms with van der Waals surface area (Å²) in [5, 5.41) is 0.485. The summed E-state index contributed by atoms with van der Waals surface area (Å²) in [5.74, 6) is 1.10. The molecule has 0 aliphatic carbocycles. The van der Waals surface area contributed by atoms with E-state index in [1.165, 1.54) is 0 Å². The van der Waals surface area contributed by atoms with Gasteiger partial charge in [-0.1, -0.05) is 45.8 Å².